The summed E-state index contributed by atoms with van der Waals surface area (Å²) < 4.78 is 15.6. The van der Waals surface area contributed by atoms with Crippen LogP contribution >= 0.6 is 0 Å². The highest BCUT2D eigenvalue weighted by Crippen LogP contribution is 2.14. The second-order valence-electron chi connectivity index (χ2n) is 6.74. The third-order valence-electron chi connectivity index (χ3n) is 2.93. The molecule has 1 amide bonds. The van der Waals surface area contributed by atoms with Crippen LogP contribution in [0.1, 0.15) is 40.2 Å². The molecule has 1 rings (SSSR count). The first-order chi connectivity index (χ1) is 11.1. The van der Waals surface area contributed by atoms with E-state index in [1.165, 1.54) is 0 Å². The number of carbonyl (C=O) groups is 2. The van der Waals surface area contributed by atoms with Gasteiger partial charge in [-0.1, -0.05) is 12.1 Å². The first kappa shape index (κ1) is 19.8. The lowest BCUT2D eigenvalue weighted by molar-refractivity contribution is -0.149. The summed E-state index contributed by atoms with van der Waals surface area (Å²) in [6.07, 6.45) is -0.618. The van der Waals surface area contributed by atoms with Crippen LogP contribution in [-0.2, 0) is 20.7 Å². The molecule has 1 aromatic rings. The second-order valence-corrected chi connectivity index (χ2v) is 6.74. The molecular weight excluding hydrogens is 310 g/mol. The van der Waals surface area contributed by atoms with E-state index in [9.17, 15) is 9.59 Å². The fraction of sp³-hybridized carbons (Fsp3) is 0.556. The van der Waals surface area contributed by atoms with E-state index in [4.69, 9.17) is 14.2 Å². The van der Waals surface area contributed by atoms with E-state index in [0.717, 1.165) is 11.3 Å². The van der Waals surface area contributed by atoms with Gasteiger partial charge >= 0.3 is 12.1 Å². The molecule has 1 N–H and O–H groups in total. The smallest absolute Gasteiger partial charge is 0.408 e. The lowest BCUT2D eigenvalue weighted by atomic mass is 10.1. The molecule has 0 bridgehead atoms. The first-order valence-electron chi connectivity index (χ1n) is 7.93. The molecule has 6 nitrogen and oxygen atoms in total. The van der Waals surface area contributed by atoms with E-state index in [2.05, 4.69) is 5.32 Å². The van der Waals surface area contributed by atoms with Gasteiger partial charge in [-0.15, -0.1) is 0 Å². The van der Waals surface area contributed by atoms with Crippen LogP contribution in [0.5, 0.6) is 5.75 Å². The number of rotatable bonds is 6. The minimum Gasteiger partial charge on any atom is -0.497 e. The zero-order valence-corrected chi connectivity index (χ0v) is 15.2. The minimum absolute atomic E-state index is 0.267. The summed E-state index contributed by atoms with van der Waals surface area (Å²) in [5, 5.41) is 2.59. The van der Waals surface area contributed by atoms with Crippen LogP contribution in [0, 0.1) is 0 Å². The van der Waals surface area contributed by atoms with Crippen LogP contribution in [0.15, 0.2) is 24.3 Å². The summed E-state index contributed by atoms with van der Waals surface area (Å²) in [5.41, 5.74) is 0.231. The van der Waals surface area contributed by atoms with Crippen molar-refractivity contribution in [1.82, 2.24) is 5.32 Å². The van der Waals surface area contributed by atoms with Gasteiger partial charge in [-0.3, -0.25) is 0 Å². The van der Waals surface area contributed by atoms with Gasteiger partial charge in [-0.2, -0.15) is 0 Å². The van der Waals surface area contributed by atoms with Crippen molar-refractivity contribution < 1.29 is 23.8 Å². The molecular formula is C18H27NO5. The van der Waals surface area contributed by atoms with Crippen LogP contribution in [0.25, 0.3) is 0 Å². The van der Waals surface area contributed by atoms with Crippen molar-refractivity contribution in [3.05, 3.63) is 29.8 Å². The molecule has 0 aromatic heterocycles. The van der Waals surface area contributed by atoms with E-state index in [0.29, 0.717) is 6.42 Å². The maximum absolute atomic E-state index is 12.3. The van der Waals surface area contributed by atoms with Gasteiger partial charge in [0, 0.05) is 6.42 Å². The van der Waals surface area contributed by atoms with Crippen molar-refractivity contribution in [2.24, 2.45) is 0 Å². The third kappa shape index (κ3) is 7.35. The number of alkyl carbamates (subject to hydrolysis) is 1. The number of hydrogen-bond donors (Lipinski definition) is 1. The maximum Gasteiger partial charge on any atom is 0.408 e. The van der Waals surface area contributed by atoms with E-state index in [-0.39, 0.29) is 6.10 Å². The number of nitrogens with one attached hydrogen (secondary N) is 1. The Morgan fingerprint density at radius 3 is 2.17 bits per heavy atom. The molecule has 1 aromatic carbocycles. The standard InChI is InChI=1S/C18H27NO5/c1-12(2)23-16(20)15(19-17(21)24-18(3,4)5)11-13-7-9-14(22-6)10-8-13/h7-10,12,15H,11H2,1-6H3,(H,19,21). The molecule has 0 aliphatic carbocycles. The van der Waals surface area contributed by atoms with Crippen molar-refractivity contribution >= 4 is 12.1 Å². The molecule has 6 heteroatoms. The van der Waals surface area contributed by atoms with Crippen molar-refractivity contribution in [2.75, 3.05) is 7.11 Å². The summed E-state index contributed by atoms with van der Waals surface area (Å²) in [6.45, 7) is 8.80. The molecule has 24 heavy (non-hydrogen) atoms. The molecule has 1 unspecified atom stereocenters. The number of carbonyl (C=O) groups excluding carboxylic acids is 2. The molecule has 0 fully saturated rings. The molecule has 0 radical (unpaired) electrons. The Labute approximate surface area is 143 Å². The quantitative estimate of drug-likeness (QED) is 0.808. The van der Waals surface area contributed by atoms with Gasteiger partial charge in [-0.25, -0.2) is 9.59 Å². The second kappa shape index (κ2) is 8.57. The highest BCUT2D eigenvalue weighted by molar-refractivity contribution is 5.81. The Hall–Kier alpha value is -2.24. The van der Waals surface area contributed by atoms with Gasteiger partial charge in [-0.05, 0) is 52.3 Å². The van der Waals surface area contributed by atoms with Crippen LogP contribution in [0.3, 0.4) is 0 Å². The Bertz CT molecular complexity index is 546. The Morgan fingerprint density at radius 2 is 1.71 bits per heavy atom. The first-order valence-corrected chi connectivity index (χ1v) is 7.93. The van der Waals surface area contributed by atoms with E-state index < -0.39 is 23.7 Å². The SMILES string of the molecule is COc1ccc(CC(NC(=O)OC(C)(C)C)C(=O)OC(C)C)cc1. The fourth-order valence-corrected chi connectivity index (χ4v) is 1.95. The predicted molar refractivity (Wildman–Crippen MR) is 91.1 cm³/mol. The van der Waals surface area contributed by atoms with Crippen LogP contribution in [-0.4, -0.2) is 36.9 Å². The van der Waals surface area contributed by atoms with Gasteiger partial charge in [0.05, 0.1) is 13.2 Å². The number of ether oxygens (including phenoxy) is 3. The predicted octanol–water partition coefficient (Wildman–Crippen LogP) is 3.08. The lowest BCUT2D eigenvalue weighted by Crippen LogP contribution is -2.46. The summed E-state index contributed by atoms with van der Waals surface area (Å²) in [5.74, 6) is 0.229. The number of esters is 1. The maximum atomic E-state index is 12.3. The summed E-state index contributed by atoms with van der Waals surface area (Å²) >= 11 is 0. The van der Waals surface area contributed by atoms with E-state index in [1.54, 1.807) is 53.9 Å². The fourth-order valence-electron chi connectivity index (χ4n) is 1.95. The number of hydrogen-bond acceptors (Lipinski definition) is 5. The lowest BCUT2D eigenvalue weighted by Gasteiger charge is -2.23. The van der Waals surface area contributed by atoms with E-state index in [1.807, 2.05) is 12.1 Å². The highest BCUT2D eigenvalue weighted by Gasteiger charge is 2.26. The molecule has 0 saturated carbocycles. The monoisotopic (exact) mass is 337 g/mol. The molecule has 0 spiro atoms. The third-order valence-corrected chi connectivity index (χ3v) is 2.93. The molecule has 1 atom stereocenters. The molecule has 0 saturated heterocycles. The van der Waals surface area contributed by atoms with Crippen LogP contribution in [0.4, 0.5) is 4.79 Å². The average Bonchev–Trinajstić information content (AvgIpc) is 2.44. The molecule has 134 valence electrons. The topological polar surface area (TPSA) is 73.9 Å². The van der Waals surface area contributed by atoms with Crippen molar-refractivity contribution in [2.45, 2.75) is 58.8 Å². The van der Waals surface area contributed by atoms with Crippen LogP contribution in [0.2, 0.25) is 0 Å². The van der Waals surface area contributed by atoms with Crippen LogP contribution < -0.4 is 10.1 Å². The normalized spacial score (nSPS) is 12.5. The van der Waals surface area contributed by atoms with Gasteiger partial charge in [0.15, 0.2) is 0 Å². The summed E-state index contributed by atoms with van der Waals surface area (Å²) in [4.78, 5) is 24.3. The largest absolute Gasteiger partial charge is 0.497 e. The van der Waals surface area contributed by atoms with Gasteiger partial charge in [0.25, 0.3) is 0 Å². The van der Waals surface area contributed by atoms with Crippen molar-refractivity contribution in [1.29, 1.82) is 0 Å². The Morgan fingerprint density at radius 1 is 1.12 bits per heavy atom. The van der Waals surface area contributed by atoms with Gasteiger partial charge < -0.3 is 19.5 Å². The van der Waals surface area contributed by atoms with Crippen molar-refractivity contribution in [3.63, 3.8) is 0 Å². The van der Waals surface area contributed by atoms with Gasteiger partial charge in [0.1, 0.15) is 17.4 Å². The number of amides is 1. The summed E-state index contributed by atoms with van der Waals surface area (Å²) in [6, 6.07) is 6.45. The molecule has 0 aliphatic heterocycles. The summed E-state index contributed by atoms with van der Waals surface area (Å²) in [7, 11) is 1.59. The van der Waals surface area contributed by atoms with Gasteiger partial charge in [0.2, 0.25) is 0 Å². The zero-order chi connectivity index (χ0) is 18.3. The van der Waals surface area contributed by atoms with E-state index >= 15 is 0 Å². The minimum atomic E-state index is -0.823. The molecule has 0 aliphatic rings. The Kier molecular flexibility index (Phi) is 7.07. The zero-order valence-electron chi connectivity index (χ0n) is 15.2. The molecule has 0 heterocycles. The Balaban J connectivity index is 2.83. The number of benzene rings is 1. The highest BCUT2D eigenvalue weighted by atomic mass is 16.6. The average molecular weight is 337 g/mol. The van der Waals surface area contributed by atoms with Crippen molar-refractivity contribution in [3.8, 4) is 5.75 Å². The number of methoxy groups -OCH3 is 1.